The number of carbonyl (C=O) groups excluding carboxylic acids is 3. The van der Waals surface area contributed by atoms with Gasteiger partial charge in [0.25, 0.3) is 0 Å². The third-order valence-electron chi connectivity index (χ3n) is 7.91. The van der Waals surface area contributed by atoms with E-state index in [-0.39, 0.29) is 30.8 Å². The molecule has 4 N–H and O–H groups in total. The highest BCUT2D eigenvalue weighted by Gasteiger charge is 2.46. The number of carbonyl (C=O) groups is 3. The van der Waals surface area contributed by atoms with Gasteiger partial charge in [-0.25, -0.2) is 5.01 Å². The molecule has 0 radical (unpaired) electrons. The average molecular weight is 583 g/mol. The maximum absolute atomic E-state index is 14.2. The molecule has 1 aliphatic heterocycles. The number of para-hydroxylation sites is 1. The van der Waals surface area contributed by atoms with Crippen molar-refractivity contribution in [3.63, 3.8) is 0 Å². The summed E-state index contributed by atoms with van der Waals surface area (Å²) in [6.45, 7) is 4.03. The first kappa shape index (κ1) is 32.1. The van der Waals surface area contributed by atoms with Crippen molar-refractivity contribution in [2.24, 2.45) is 11.1 Å². The van der Waals surface area contributed by atoms with Gasteiger partial charge in [-0.2, -0.15) is 0 Å². The number of halogens is 1. The van der Waals surface area contributed by atoms with E-state index in [2.05, 4.69) is 10.3 Å². The number of piperidine rings is 1. The SMILES string of the molecule is CN(C)N(C)C(=O)C1(Cc2ccccc2)CCCN(C(=O)C(Cc2c[nH]c3ccccc23)NC(=O)C(C)(C)N)C1.Cl. The van der Waals surface area contributed by atoms with Crippen LogP contribution in [0, 0.1) is 5.41 Å². The Kier molecular flexibility index (Phi) is 10.2. The highest BCUT2D eigenvalue weighted by Crippen LogP contribution is 2.36. The Balaban J connectivity index is 0.00000462. The van der Waals surface area contributed by atoms with E-state index in [0.29, 0.717) is 32.2 Å². The fourth-order valence-electron chi connectivity index (χ4n) is 5.51. The molecule has 2 aromatic carbocycles. The minimum absolute atomic E-state index is 0. The molecule has 4 rings (SSSR count). The van der Waals surface area contributed by atoms with Crippen LogP contribution < -0.4 is 11.1 Å². The van der Waals surface area contributed by atoms with Crippen molar-refractivity contribution >= 4 is 41.0 Å². The number of fused-ring (bicyclic) bond motifs is 1. The molecule has 10 heteroatoms. The molecule has 2 heterocycles. The number of benzene rings is 2. The average Bonchev–Trinajstić information content (AvgIpc) is 3.34. The van der Waals surface area contributed by atoms with Gasteiger partial charge < -0.3 is 20.9 Å². The number of hydrogen-bond donors (Lipinski definition) is 3. The predicted octanol–water partition coefficient (Wildman–Crippen LogP) is 3.14. The number of H-pyrrole nitrogens is 1. The van der Waals surface area contributed by atoms with Gasteiger partial charge in [-0.3, -0.25) is 19.4 Å². The lowest BCUT2D eigenvalue weighted by atomic mass is 9.74. The van der Waals surface area contributed by atoms with E-state index in [0.717, 1.165) is 22.0 Å². The summed E-state index contributed by atoms with van der Waals surface area (Å²) in [5, 5.41) is 7.32. The molecule has 0 aliphatic carbocycles. The molecular weight excluding hydrogens is 540 g/mol. The summed E-state index contributed by atoms with van der Waals surface area (Å²) >= 11 is 0. The van der Waals surface area contributed by atoms with Gasteiger partial charge in [-0.05, 0) is 50.3 Å². The van der Waals surface area contributed by atoms with Crippen molar-refractivity contribution < 1.29 is 14.4 Å². The van der Waals surface area contributed by atoms with Gasteiger partial charge in [-0.1, -0.05) is 48.5 Å². The van der Waals surface area contributed by atoms with Crippen LogP contribution in [0.1, 0.15) is 37.8 Å². The molecular formula is C31H43ClN6O3. The second-order valence-electron chi connectivity index (χ2n) is 11.8. The van der Waals surface area contributed by atoms with Crippen LogP contribution in [0.5, 0.6) is 0 Å². The van der Waals surface area contributed by atoms with Gasteiger partial charge in [0.15, 0.2) is 0 Å². The summed E-state index contributed by atoms with van der Waals surface area (Å²) in [4.78, 5) is 46.2. The number of nitrogens with one attached hydrogen (secondary N) is 2. The molecule has 41 heavy (non-hydrogen) atoms. The summed E-state index contributed by atoms with van der Waals surface area (Å²) in [6.07, 6.45) is 4.05. The number of hydrogen-bond acceptors (Lipinski definition) is 5. The van der Waals surface area contributed by atoms with Gasteiger partial charge in [0, 0.05) is 57.8 Å². The number of likely N-dealkylation sites (tertiary alicyclic amines) is 1. The fourth-order valence-corrected chi connectivity index (χ4v) is 5.51. The molecule has 2 atom stereocenters. The van der Waals surface area contributed by atoms with E-state index in [4.69, 9.17) is 5.73 Å². The van der Waals surface area contributed by atoms with Gasteiger partial charge in [0.2, 0.25) is 17.7 Å². The van der Waals surface area contributed by atoms with E-state index in [1.807, 2.05) is 74.9 Å². The maximum atomic E-state index is 14.2. The van der Waals surface area contributed by atoms with E-state index in [9.17, 15) is 14.4 Å². The van der Waals surface area contributed by atoms with Crippen molar-refractivity contribution in [1.29, 1.82) is 0 Å². The van der Waals surface area contributed by atoms with Gasteiger partial charge >= 0.3 is 0 Å². The number of rotatable bonds is 9. The van der Waals surface area contributed by atoms with E-state index < -0.39 is 22.9 Å². The van der Waals surface area contributed by atoms with Gasteiger partial charge in [0.05, 0.1) is 11.0 Å². The summed E-state index contributed by atoms with van der Waals surface area (Å²) in [5.41, 5.74) is 7.10. The summed E-state index contributed by atoms with van der Waals surface area (Å²) in [7, 11) is 5.43. The molecule has 0 spiro atoms. The third kappa shape index (κ3) is 7.28. The molecule has 1 aromatic heterocycles. The monoisotopic (exact) mass is 582 g/mol. The third-order valence-corrected chi connectivity index (χ3v) is 7.91. The molecule has 2 unspecified atom stereocenters. The molecule has 222 valence electrons. The second kappa shape index (κ2) is 13.1. The fraction of sp³-hybridized carbons (Fsp3) is 0.452. The lowest BCUT2D eigenvalue weighted by Crippen LogP contribution is -2.61. The van der Waals surface area contributed by atoms with Crippen molar-refractivity contribution in [3.05, 3.63) is 71.9 Å². The largest absolute Gasteiger partial charge is 0.361 e. The Hall–Kier alpha value is -3.40. The zero-order chi connectivity index (χ0) is 29.1. The van der Waals surface area contributed by atoms with Crippen LogP contribution in [0.25, 0.3) is 10.9 Å². The normalized spacial score (nSPS) is 18.1. The number of hydrazine groups is 1. The van der Waals surface area contributed by atoms with Crippen LogP contribution >= 0.6 is 12.4 Å². The van der Waals surface area contributed by atoms with Crippen LogP contribution in [-0.2, 0) is 27.2 Å². The van der Waals surface area contributed by atoms with Crippen LogP contribution in [0.2, 0.25) is 0 Å². The number of nitrogens with zero attached hydrogens (tertiary/aromatic N) is 3. The number of amides is 3. The second-order valence-corrected chi connectivity index (χ2v) is 11.8. The van der Waals surface area contributed by atoms with Crippen LogP contribution in [-0.4, -0.2) is 83.4 Å². The van der Waals surface area contributed by atoms with Crippen molar-refractivity contribution in [3.8, 4) is 0 Å². The van der Waals surface area contributed by atoms with E-state index >= 15 is 0 Å². The van der Waals surface area contributed by atoms with Crippen molar-refractivity contribution in [2.45, 2.75) is 51.1 Å². The van der Waals surface area contributed by atoms with Crippen molar-refractivity contribution in [2.75, 3.05) is 34.2 Å². The van der Waals surface area contributed by atoms with Crippen LogP contribution in [0.3, 0.4) is 0 Å². The Morgan fingerprint density at radius 3 is 2.39 bits per heavy atom. The zero-order valence-electron chi connectivity index (χ0n) is 24.6. The lowest BCUT2D eigenvalue weighted by Gasteiger charge is -2.45. The zero-order valence-corrected chi connectivity index (χ0v) is 25.5. The van der Waals surface area contributed by atoms with E-state index in [1.54, 1.807) is 35.8 Å². The standard InChI is InChI=1S/C31H42N6O3.ClH/c1-30(2,32)28(39)34-26(18-23-20-33-25-15-10-9-14-24(23)25)27(38)37-17-11-16-31(21-37,29(40)36(5)35(3)4)19-22-12-7-6-8-13-22;/h6-10,12-15,20,26,33H,11,16-19,21,32H2,1-5H3,(H,34,39);1H. The quantitative estimate of drug-likeness (QED) is 0.335. The highest BCUT2D eigenvalue weighted by atomic mass is 35.5. The van der Waals surface area contributed by atoms with Gasteiger partial charge in [-0.15, -0.1) is 12.4 Å². The Bertz CT molecular complexity index is 1350. The summed E-state index contributed by atoms with van der Waals surface area (Å²) in [5.74, 6) is -0.638. The first-order valence-corrected chi connectivity index (χ1v) is 13.8. The molecule has 0 saturated carbocycles. The Morgan fingerprint density at radius 1 is 1.07 bits per heavy atom. The van der Waals surface area contributed by atoms with E-state index in [1.165, 1.54) is 0 Å². The van der Waals surface area contributed by atoms with Crippen LogP contribution in [0.4, 0.5) is 0 Å². The predicted molar refractivity (Wildman–Crippen MR) is 164 cm³/mol. The number of aromatic nitrogens is 1. The molecule has 3 aromatic rings. The molecule has 3 amide bonds. The summed E-state index contributed by atoms with van der Waals surface area (Å²) in [6, 6.07) is 17.0. The lowest BCUT2D eigenvalue weighted by molar-refractivity contribution is -0.159. The van der Waals surface area contributed by atoms with Gasteiger partial charge in [0.1, 0.15) is 6.04 Å². The molecule has 9 nitrogen and oxygen atoms in total. The topological polar surface area (TPSA) is 115 Å². The highest BCUT2D eigenvalue weighted by molar-refractivity contribution is 5.93. The van der Waals surface area contributed by atoms with Crippen molar-refractivity contribution in [1.82, 2.24) is 25.2 Å². The molecule has 1 fully saturated rings. The Morgan fingerprint density at radius 2 is 1.73 bits per heavy atom. The molecule has 1 aliphatic rings. The maximum Gasteiger partial charge on any atom is 0.245 e. The smallest absolute Gasteiger partial charge is 0.245 e. The minimum atomic E-state index is -1.15. The number of aromatic amines is 1. The first-order chi connectivity index (χ1) is 18.9. The molecule has 0 bridgehead atoms. The first-order valence-electron chi connectivity index (χ1n) is 13.8. The Labute approximate surface area is 248 Å². The minimum Gasteiger partial charge on any atom is -0.361 e. The number of nitrogens with two attached hydrogens (primary N) is 1. The molecule has 1 saturated heterocycles. The summed E-state index contributed by atoms with van der Waals surface area (Å²) < 4.78 is 0. The van der Waals surface area contributed by atoms with Crippen LogP contribution in [0.15, 0.2) is 60.8 Å².